The largest absolute Gasteiger partial charge is 0.492 e. The number of Topliss-reactive ketones (excluding diaryl/α,β-unsaturated/α-hetero) is 1. The van der Waals surface area contributed by atoms with Crippen LogP contribution in [0.15, 0.2) is 48.5 Å². The van der Waals surface area contributed by atoms with Crippen molar-refractivity contribution in [1.29, 1.82) is 0 Å². The molecular weight excluding hydrogens is 266 g/mol. The van der Waals surface area contributed by atoms with E-state index in [1.165, 1.54) is 4.90 Å². The zero-order valence-electron chi connectivity index (χ0n) is 11.7. The van der Waals surface area contributed by atoms with Crippen molar-refractivity contribution in [3.63, 3.8) is 0 Å². The highest BCUT2D eigenvalue weighted by molar-refractivity contribution is 6.02. The number of rotatable bonds is 4. The van der Waals surface area contributed by atoms with Crippen LogP contribution >= 0.6 is 0 Å². The van der Waals surface area contributed by atoms with Gasteiger partial charge < -0.3 is 9.64 Å². The van der Waals surface area contributed by atoms with E-state index in [0.717, 1.165) is 23.4 Å². The van der Waals surface area contributed by atoms with Gasteiger partial charge in [0.15, 0.2) is 5.78 Å². The number of fused-ring (bicyclic) bond motifs is 1. The predicted octanol–water partition coefficient (Wildman–Crippen LogP) is 2.64. The van der Waals surface area contributed by atoms with Crippen molar-refractivity contribution in [2.45, 2.75) is 5.92 Å². The molecule has 0 spiro atoms. The summed E-state index contributed by atoms with van der Waals surface area (Å²) in [5.41, 5.74) is 2.32. The molecule has 0 bridgehead atoms. The van der Waals surface area contributed by atoms with Gasteiger partial charge in [-0.05, 0) is 30.3 Å². The summed E-state index contributed by atoms with van der Waals surface area (Å²) < 4.78 is 5.56. The molecule has 106 valence electrons. The van der Waals surface area contributed by atoms with Crippen LogP contribution in [0.2, 0.25) is 0 Å². The Hall–Kier alpha value is -2.62. The second-order valence-electron chi connectivity index (χ2n) is 5.03. The molecular formula is C17H15NO3. The van der Waals surface area contributed by atoms with Gasteiger partial charge in [-0.3, -0.25) is 9.59 Å². The van der Waals surface area contributed by atoms with E-state index in [1.54, 1.807) is 31.3 Å². The van der Waals surface area contributed by atoms with E-state index in [-0.39, 0.29) is 11.7 Å². The van der Waals surface area contributed by atoms with Crippen molar-refractivity contribution in [3.05, 3.63) is 59.7 Å². The number of hydrogen-bond donors (Lipinski definition) is 0. The number of ether oxygens (including phenoxy) is 1. The van der Waals surface area contributed by atoms with Crippen LogP contribution in [0.3, 0.4) is 0 Å². The molecule has 1 aliphatic heterocycles. The number of nitrogens with zero attached hydrogens (tertiary/aromatic N) is 1. The Kier molecular flexibility index (Phi) is 3.44. The fourth-order valence-corrected chi connectivity index (χ4v) is 2.50. The van der Waals surface area contributed by atoms with Gasteiger partial charge in [-0.25, -0.2) is 0 Å². The van der Waals surface area contributed by atoms with Crippen LogP contribution in [0.1, 0.15) is 21.8 Å². The lowest BCUT2D eigenvalue weighted by Gasteiger charge is -2.12. The fraction of sp³-hybridized carbons (Fsp3) is 0.176. The van der Waals surface area contributed by atoms with E-state index >= 15 is 0 Å². The van der Waals surface area contributed by atoms with Crippen LogP contribution in [0.4, 0.5) is 5.69 Å². The number of carbonyl (C=O) groups is 2. The minimum atomic E-state index is -0.254. The first-order valence-electron chi connectivity index (χ1n) is 6.75. The molecule has 0 radical (unpaired) electrons. The lowest BCUT2D eigenvalue weighted by molar-refractivity contribution is -0.107. The number of ketones is 1. The molecule has 0 N–H and O–H groups in total. The molecule has 2 aromatic carbocycles. The van der Waals surface area contributed by atoms with Gasteiger partial charge in [0, 0.05) is 23.9 Å². The number of para-hydroxylation sites is 1. The Bertz CT molecular complexity index is 679. The molecule has 0 aliphatic carbocycles. The number of amides is 1. The number of hydrogen-bond acceptors (Lipinski definition) is 3. The summed E-state index contributed by atoms with van der Waals surface area (Å²) >= 11 is 0. The average molecular weight is 281 g/mol. The van der Waals surface area contributed by atoms with Crippen LogP contribution in [0.5, 0.6) is 5.75 Å². The maximum absolute atomic E-state index is 12.6. The first-order chi connectivity index (χ1) is 10.2. The van der Waals surface area contributed by atoms with Crippen LogP contribution in [0.25, 0.3) is 0 Å². The van der Waals surface area contributed by atoms with Crippen molar-refractivity contribution in [2.75, 3.05) is 18.6 Å². The topological polar surface area (TPSA) is 46.6 Å². The Morgan fingerprint density at radius 1 is 1.19 bits per heavy atom. The molecule has 4 heteroatoms. The summed E-state index contributed by atoms with van der Waals surface area (Å²) in [6, 6.07) is 14.7. The molecule has 1 amide bonds. The highest BCUT2D eigenvalue weighted by Crippen LogP contribution is 2.35. The van der Waals surface area contributed by atoms with E-state index in [2.05, 4.69) is 0 Å². The van der Waals surface area contributed by atoms with E-state index in [1.807, 2.05) is 24.3 Å². The maximum atomic E-state index is 12.6. The molecule has 1 unspecified atom stereocenters. The van der Waals surface area contributed by atoms with Crippen molar-refractivity contribution in [3.8, 4) is 5.75 Å². The molecule has 21 heavy (non-hydrogen) atoms. The summed E-state index contributed by atoms with van der Waals surface area (Å²) in [6.07, 6.45) is 0.734. The third-order valence-corrected chi connectivity index (χ3v) is 3.73. The van der Waals surface area contributed by atoms with Gasteiger partial charge in [0.1, 0.15) is 12.4 Å². The predicted molar refractivity (Wildman–Crippen MR) is 79.9 cm³/mol. The third-order valence-electron chi connectivity index (χ3n) is 3.73. The van der Waals surface area contributed by atoms with Gasteiger partial charge in [0.25, 0.3) is 0 Å². The Labute approximate surface area is 123 Å². The summed E-state index contributed by atoms with van der Waals surface area (Å²) in [5, 5.41) is 0. The second-order valence-corrected chi connectivity index (χ2v) is 5.03. The van der Waals surface area contributed by atoms with Gasteiger partial charge in [0.05, 0.1) is 5.92 Å². The van der Waals surface area contributed by atoms with Crippen molar-refractivity contribution < 1.29 is 14.3 Å². The minimum absolute atomic E-state index is 0.0419. The lowest BCUT2D eigenvalue weighted by atomic mass is 9.92. The van der Waals surface area contributed by atoms with Gasteiger partial charge in [-0.1, -0.05) is 18.2 Å². The number of benzene rings is 2. The van der Waals surface area contributed by atoms with E-state index in [0.29, 0.717) is 12.2 Å². The molecule has 0 aromatic heterocycles. The average Bonchev–Trinajstić information content (AvgIpc) is 2.97. The molecule has 0 saturated carbocycles. The Balaban J connectivity index is 1.85. The monoisotopic (exact) mass is 281 g/mol. The normalized spacial score (nSPS) is 16.0. The Morgan fingerprint density at radius 3 is 2.62 bits per heavy atom. The van der Waals surface area contributed by atoms with Crippen molar-refractivity contribution in [2.24, 2.45) is 0 Å². The Morgan fingerprint density at radius 2 is 1.90 bits per heavy atom. The molecule has 2 aromatic rings. The SMILES string of the molecule is CN(C=O)c1ccc(C(=O)C2COc3ccccc32)cc1. The summed E-state index contributed by atoms with van der Waals surface area (Å²) in [5.74, 6) is 0.573. The quantitative estimate of drug-likeness (QED) is 0.639. The van der Waals surface area contributed by atoms with Crippen molar-refractivity contribution >= 4 is 17.9 Å². The zero-order chi connectivity index (χ0) is 14.8. The first-order valence-corrected chi connectivity index (χ1v) is 6.75. The molecule has 1 atom stereocenters. The smallest absolute Gasteiger partial charge is 0.213 e. The minimum Gasteiger partial charge on any atom is -0.492 e. The second kappa shape index (κ2) is 5.40. The number of carbonyl (C=O) groups excluding carboxylic acids is 2. The highest BCUT2D eigenvalue weighted by atomic mass is 16.5. The first kappa shape index (κ1) is 13.4. The third kappa shape index (κ3) is 2.40. The standard InChI is InChI=1S/C17H15NO3/c1-18(11-19)13-8-6-12(7-9-13)17(20)15-10-21-16-5-3-2-4-14(15)16/h2-9,11,15H,10H2,1H3. The van der Waals surface area contributed by atoms with Crippen LogP contribution in [-0.4, -0.2) is 25.8 Å². The van der Waals surface area contributed by atoms with Gasteiger partial charge in [-0.15, -0.1) is 0 Å². The van der Waals surface area contributed by atoms with Gasteiger partial charge >= 0.3 is 0 Å². The molecule has 0 saturated heterocycles. The van der Waals surface area contributed by atoms with E-state index in [9.17, 15) is 9.59 Å². The highest BCUT2D eigenvalue weighted by Gasteiger charge is 2.30. The van der Waals surface area contributed by atoms with Crippen LogP contribution in [0, 0.1) is 0 Å². The summed E-state index contributed by atoms with van der Waals surface area (Å²) in [6.45, 7) is 0.383. The maximum Gasteiger partial charge on any atom is 0.213 e. The van der Waals surface area contributed by atoms with Crippen LogP contribution in [-0.2, 0) is 4.79 Å². The van der Waals surface area contributed by atoms with E-state index in [4.69, 9.17) is 4.74 Å². The molecule has 3 rings (SSSR count). The van der Waals surface area contributed by atoms with Gasteiger partial charge in [-0.2, -0.15) is 0 Å². The van der Waals surface area contributed by atoms with Crippen LogP contribution < -0.4 is 9.64 Å². The zero-order valence-corrected chi connectivity index (χ0v) is 11.7. The molecule has 0 fully saturated rings. The lowest BCUT2D eigenvalue weighted by Crippen LogP contribution is -2.16. The fourth-order valence-electron chi connectivity index (χ4n) is 2.50. The molecule has 4 nitrogen and oxygen atoms in total. The summed E-state index contributed by atoms with van der Waals surface area (Å²) in [4.78, 5) is 24.8. The van der Waals surface area contributed by atoms with Crippen molar-refractivity contribution in [1.82, 2.24) is 0 Å². The molecule has 1 heterocycles. The summed E-state index contributed by atoms with van der Waals surface area (Å²) in [7, 11) is 1.67. The molecule has 1 aliphatic rings. The van der Waals surface area contributed by atoms with Gasteiger partial charge in [0.2, 0.25) is 6.41 Å². The van der Waals surface area contributed by atoms with E-state index < -0.39 is 0 Å². The number of anilines is 1.